The molecule has 0 fully saturated rings. The van der Waals surface area contributed by atoms with Crippen LogP contribution in [0, 0.1) is 5.41 Å². The second kappa shape index (κ2) is 14.8. The summed E-state index contributed by atoms with van der Waals surface area (Å²) < 4.78 is 6.31. The fourth-order valence-electron chi connectivity index (χ4n) is 3.37. The molecular weight excluding hydrogens is 463 g/mol. The first kappa shape index (κ1) is 29.0. The quantitative estimate of drug-likeness (QED) is 0.270. The van der Waals surface area contributed by atoms with Crippen LogP contribution in [-0.4, -0.2) is 36.2 Å². The van der Waals surface area contributed by atoms with Crippen LogP contribution < -0.4 is 11.1 Å². The molecule has 27 heavy (non-hydrogen) atoms. The summed E-state index contributed by atoms with van der Waals surface area (Å²) in [4.78, 5) is 24.2. The molecule has 6 heteroatoms. The van der Waals surface area contributed by atoms with E-state index in [9.17, 15) is 9.59 Å². The molecule has 0 saturated heterocycles. The van der Waals surface area contributed by atoms with Gasteiger partial charge < -0.3 is 0 Å². The zero-order valence-corrected chi connectivity index (χ0v) is 22.3. The molecule has 0 aliphatic heterocycles. The molecule has 1 atom stereocenters. The van der Waals surface area contributed by atoms with Crippen molar-refractivity contribution in [2.75, 3.05) is 0 Å². The van der Waals surface area contributed by atoms with Crippen molar-refractivity contribution in [2.45, 2.75) is 99.4 Å². The fourth-order valence-corrected chi connectivity index (χ4v) is 17.4. The Labute approximate surface area is 178 Å². The number of hydrogen-bond acceptors (Lipinski definition) is 2. The fraction of sp³-hybridized carbons (Fsp3) is 0.810. The minimum absolute atomic E-state index is 0. The molecule has 0 heterocycles. The SMILES string of the molecule is CCC[CH2][Sn](/[CH]=C\C(=O)N[C@H](C(N)=O)C(C)(C)C)([CH2]CCC)[CH2]CCC.S. The minimum atomic E-state index is -2.47. The number of rotatable bonds is 13. The predicted octanol–water partition coefficient (Wildman–Crippen LogP) is 5.06. The Morgan fingerprint density at radius 2 is 1.37 bits per heavy atom. The van der Waals surface area contributed by atoms with E-state index in [2.05, 4.69) is 30.2 Å². The third kappa shape index (κ3) is 12.1. The summed E-state index contributed by atoms with van der Waals surface area (Å²) in [6, 6.07) is -0.647. The van der Waals surface area contributed by atoms with Crippen molar-refractivity contribution in [1.29, 1.82) is 0 Å². The van der Waals surface area contributed by atoms with Crippen LogP contribution in [0.5, 0.6) is 0 Å². The Bertz CT molecular complexity index is 440. The van der Waals surface area contributed by atoms with E-state index in [-0.39, 0.29) is 24.8 Å². The molecule has 3 N–H and O–H groups in total. The van der Waals surface area contributed by atoms with Gasteiger partial charge in [-0.1, -0.05) is 0 Å². The molecule has 0 radical (unpaired) electrons. The van der Waals surface area contributed by atoms with Gasteiger partial charge in [0.2, 0.25) is 0 Å². The van der Waals surface area contributed by atoms with Crippen molar-refractivity contribution in [2.24, 2.45) is 11.1 Å². The van der Waals surface area contributed by atoms with E-state index in [1.807, 2.05) is 20.8 Å². The second-order valence-corrected chi connectivity index (χ2v) is 21.7. The topological polar surface area (TPSA) is 72.2 Å². The maximum absolute atomic E-state index is 12.5. The smallest absolute Gasteiger partial charge is 0.197 e. The normalized spacial score (nSPS) is 13.3. The summed E-state index contributed by atoms with van der Waals surface area (Å²) in [6.07, 6.45) is 9.17. The summed E-state index contributed by atoms with van der Waals surface area (Å²) in [5.41, 5.74) is 5.10. The molecule has 0 bridgehead atoms. The molecule has 160 valence electrons. The summed E-state index contributed by atoms with van der Waals surface area (Å²) in [7, 11) is 0. The molecule has 0 aliphatic rings. The molecule has 0 rings (SSSR count). The van der Waals surface area contributed by atoms with Crippen LogP contribution in [0.15, 0.2) is 10.2 Å². The number of carbonyl (C=O) groups is 2. The third-order valence-corrected chi connectivity index (χ3v) is 19.2. The van der Waals surface area contributed by atoms with Gasteiger partial charge in [0, 0.05) is 0 Å². The molecule has 0 saturated carbocycles. The first-order chi connectivity index (χ1) is 12.1. The van der Waals surface area contributed by atoms with Gasteiger partial charge in [0.15, 0.2) is 0 Å². The van der Waals surface area contributed by atoms with E-state index in [1.165, 1.54) is 51.8 Å². The van der Waals surface area contributed by atoms with Gasteiger partial charge in [-0.2, -0.15) is 13.5 Å². The average Bonchev–Trinajstić information content (AvgIpc) is 2.57. The largest absolute Gasteiger partial charge is 0.197 e. The van der Waals surface area contributed by atoms with Crippen LogP contribution in [0.2, 0.25) is 13.3 Å². The van der Waals surface area contributed by atoms with E-state index in [0.717, 1.165) is 0 Å². The molecule has 2 amide bonds. The average molecular weight is 507 g/mol. The summed E-state index contributed by atoms with van der Waals surface area (Å²) in [6.45, 7) is 12.5. The van der Waals surface area contributed by atoms with Gasteiger partial charge in [0.05, 0.1) is 0 Å². The minimum Gasteiger partial charge on any atom is -0.197 e. The van der Waals surface area contributed by atoms with Crippen LogP contribution in [0.3, 0.4) is 0 Å². The van der Waals surface area contributed by atoms with Gasteiger partial charge >= 0.3 is 166 Å². The molecule has 0 aromatic carbocycles. The first-order valence-corrected chi connectivity index (χ1v) is 18.1. The van der Waals surface area contributed by atoms with Crippen molar-refractivity contribution in [3.63, 3.8) is 0 Å². The number of nitrogens with two attached hydrogens (primary N) is 1. The van der Waals surface area contributed by atoms with Crippen molar-refractivity contribution in [3.8, 4) is 0 Å². The van der Waals surface area contributed by atoms with Crippen molar-refractivity contribution >= 4 is 43.7 Å². The molecule has 4 nitrogen and oxygen atoms in total. The Morgan fingerprint density at radius 3 is 1.67 bits per heavy atom. The Morgan fingerprint density at radius 1 is 0.963 bits per heavy atom. The number of unbranched alkanes of at least 4 members (excludes halogenated alkanes) is 3. The number of amides is 2. The van der Waals surface area contributed by atoms with Gasteiger partial charge in [-0.05, 0) is 0 Å². The van der Waals surface area contributed by atoms with Crippen LogP contribution in [-0.2, 0) is 9.59 Å². The molecule has 0 aromatic heterocycles. The monoisotopic (exact) mass is 508 g/mol. The maximum Gasteiger partial charge on any atom is -0.197 e. The van der Waals surface area contributed by atoms with E-state index in [4.69, 9.17) is 5.73 Å². The number of carbonyl (C=O) groups excluding carboxylic acids is 2. The summed E-state index contributed by atoms with van der Waals surface area (Å²) >= 11 is -2.47. The van der Waals surface area contributed by atoms with Gasteiger partial charge in [-0.25, -0.2) is 0 Å². The van der Waals surface area contributed by atoms with Crippen LogP contribution >= 0.6 is 13.5 Å². The Kier molecular flexibility index (Phi) is 15.9. The van der Waals surface area contributed by atoms with Crippen molar-refractivity contribution in [1.82, 2.24) is 5.32 Å². The molecular formula is C21H44N2O2SSn. The Balaban J connectivity index is 0. The van der Waals surface area contributed by atoms with Crippen LogP contribution in [0.1, 0.15) is 80.1 Å². The maximum atomic E-state index is 12.5. The second-order valence-electron chi connectivity index (χ2n) is 8.72. The number of hydrogen-bond donors (Lipinski definition) is 2. The van der Waals surface area contributed by atoms with Crippen molar-refractivity contribution in [3.05, 3.63) is 10.2 Å². The van der Waals surface area contributed by atoms with Crippen molar-refractivity contribution < 1.29 is 9.59 Å². The van der Waals surface area contributed by atoms with E-state index in [0.29, 0.717) is 0 Å². The first-order valence-electron chi connectivity index (χ1n) is 10.4. The van der Waals surface area contributed by atoms with Crippen LogP contribution in [0.25, 0.3) is 0 Å². The molecule has 0 unspecified atom stereocenters. The molecule has 0 aromatic rings. The van der Waals surface area contributed by atoms with Crippen LogP contribution in [0.4, 0.5) is 0 Å². The number of primary amides is 1. The molecule has 0 spiro atoms. The summed E-state index contributed by atoms with van der Waals surface area (Å²) in [5, 5.41) is 2.83. The Hall–Kier alpha value is -0.171. The van der Waals surface area contributed by atoms with Gasteiger partial charge in [-0.3, -0.25) is 0 Å². The summed E-state index contributed by atoms with van der Waals surface area (Å²) in [5.74, 6) is -0.647. The third-order valence-electron chi connectivity index (χ3n) is 5.11. The zero-order chi connectivity index (χ0) is 20.2. The van der Waals surface area contributed by atoms with Gasteiger partial charge in [0.1, 0.15) is 0 Å². The van der Waals surface area contributed by atoms with Gasteiger partial charge in [0.25, 0.3) is 0 Å². The van der Waals surface area contributed by atoms with E-state index < -0.39 is 30.3 Å². The van der Waals surface area contributed by atoms with E-state index in [1.54, 1.807) is 6.08 Å². The van der Waals surface area contributed by atoms with Gasteiger partial charge in [-0.15, -0.1) is 0 Å². The predicted molar refractivity (Wildman–Crippen MR) is 125 cm³/mol. The zero-order valence-electron chi connectivity index (χ0n) is 18.5. The standard InChI is InChI=1S/C9H15N2O2.3C4H9.H2S.Sn/c1-5-6(12)11-7(8(10)13)9(2,3)4;3*1-3-4-2;;/h1,5,7H,2-4H3,(H2,10,13)(H,11,12);3*1,3-4H2,2H3;1H2;/t7-;;;;;/m1...../s1. The number of nitrogens with one attached hydrogen (secondary N) is 1. The van der Waals surface area contributed by atoms with E-state index >= 15 is 0 Å². The molecule has 0 aliphatic carbocycles.